The summed E-state index contributed by atoms with van der Waals surface area (Å²) < 4.78 is 71.0. The number of hydrogen-bond donors (Lipinski definition) is 6. The molecule has 1 aliphatic heterocycles. The Morgan fingerprint density at radius 3 is 2.02 bits per heavy atom. The third-order valence-corrected chi connectivity index (χ3v) is 8.18. The molecule has 2 aliphatic rings. The summed E-state index contributed by atoms with van der Waals surface area (Å²) in [5, 5.41) is 31.0. The summed E-state index contributed by atoms with van der Waals surface area (Å²) in [4.78, 5) is 53.1. The minimum atomic E-state index is -2.40. The fourth-order valence-corrected chi connectivity index (χ4v) is 5.24. The fourth-order valence-electron chi connectivity index (χ4n) is 5.24. The fraction of sp³-hybridized carbons (Fsp3) is 0.448. The molecular weight excluding hydrogens is 595 g/mol. The van der Waals surface area contributed by atoms with Crippen molar-refractivity contribution >= 4 is 23.6 Å². The van der Waals surface area contributed by atoms with E-state index in [4.69, 9.17) is 0 Å². The number of benzene rings is 2. The Kier molecular flexibility index (Phi) is 9.76. The molecule has 15 heteroatoms. The molecule has 0 radical (unpaired) electrons. The van der Waals surface area contributed by atoms with Crippen LogP contribution in [0.2, 0.25) is 0 Å². The summed E-state index contributed by atoms with van der Waals surface area (Å²) in [6.45, 7) is 2.54. The number of para-hydroxylation sites is 1. The minimum Gasteiger partial charge on any atom is -0.507 e. The second-order valence-corrected chi connectivity index (χ2v) is 11.1. The number of amides is 4. The maximum Gasteiger partial charge on any atom is 0.255 e. The Bertz CT molecular complexity index is 1440. The van der Waals surface area contributed by atoms with Gasteiger partial charge in [0, 0.05) is 12.0 Å². The minimum absolute atomic E-state index is 0.240. The Morgan fingerprint density at radius 2 is 1.45 bits per heavy atom. The highest BCUT2D eigenvalue weighted by Gasteiger charge is 2.42. The highest BCUT2D eigenvalue weighted by atomic mass is 19.2. The number of halogens is 5. The largest absolute Gasteiger partial charge is 0.507 e. The molecule has 0 bridgehead atoms. The standard InChI is InChI=1S/C29H31F5N4O6/c1-11-25(40)16(10-15-18(30)20(32)22(34)21(33)19(15)31)36-28(43)23(37-27(42)14-8-3-4-9-17(14)39)12(2)35-29(44)24(38-26(11)41)13-6-5-7-13/h3-4,8-9,11-13,16,23-25,39-40H,5-7,10H2,1-2H3,(H,35,44)(H,36,43)(H,37,42)(H,38,41). The molecule has 44 heavy (non-hydrogen) atoms. The number of aliphatic hydroxyl groups is 1. The van der Waals surface area contributed by atoms with Crippen molar-refractivity contribution in [1.29, 1.82) is 0 Å². The van der Waals surface area contributed by atoms with Gasteiger partial charge in [0.2, 0.25) is 23.5 Å². The van der Waals surface area contributed by atoms with Crippen molar-refractivity contribution in [1.82, 2.24) is 21.3 Å². The summed E-state index contributed by atoms with van der Waals surface area (Å²) in [5.41, 5.74) is -1.59. The summed E-state index contributed by atoms with van der Waals surface area (Å²) >= 11 is 0. The lowest BCUT2D eigenvalue weighted by Gasteiger charge is -2.37. The third-order valence-electron chi connectivity index (χ3n) is 8.18. The molecule has 4 amide bonds. The average molecular weight is 627 g/mol. The van der Waals surface area contributed by atoms with Crippen molar-refractivity contribution < 1.29 is 51.3 Å². The van der Waals surface area contributed by atoms with Gasteiger partial charge in [-0.1, -0.05) is 25.5 Å². The molecule has 0 aromatic heterocycles. The van der Waals surface area contributed by atoms with Crippen molar-refractivity contribution in [2.45, 2.75) is 69.8 Å². The van der Waals surface area contributed by atoms with Crippen molar-refractivity contribution in [3.63, 3.8) is 0 Å². The van der Waals surface area contributed by atoms with Gasteiger partial charge in [-0.2, -0.15) is 0 Å². The smallest absolute Gasteiger partial charge is 0.255 e. The highest BCUT2D eigenvalue weighted by Crippen LogP contribution is 2.31. The van der Waals surface area contributed by atoms with Gasteiger partial charge in [0.05, 0.1) is 29.7 Å². The zero-order valence-corrected chi connectivity index (χ0v) is 23.6. The molecule has 6 atom stereocenters. The number of nitrogens with one attached hydrogen (secondary N) is 4. The number of hydrogen-bond acceptors (Lipinski definition) is 6. The van der Waals surface area contributed by atoms with E-state index in [1.807, 2.05) is 0 Å². The molecule has 2 fully saturated rings. The van der Waals surface area contributed by atoms with Crippen LogP contribution in [0.1, 0.15) is 49.0 Å². The lowest BCUT2D eigenvalue weighted by atomic mass is 9.78. The number of aromatic hydroxyl groups is 1. The Hall–Kier alpha value is -4.27. The normalized spacial score (nSPS) is 26.8. The molecule has 4 rings (SSSR count). The zero-order chi connectivity index (χ0) is 32.5. The van der Waals surface area contributed by atoms with Gasteiger partial charge in [0.15, 0.2) is 23.3 Å². The first-order valence-electron chi connectivity index (χ1n) is 13.9. The maximum absolute atomic E-state index is 14.6. The molecule has 6 unspecified atom stereocenters. The molecule has 6 N–H and O–H groups in total. The highest BCUT2D eigenvalue weighted by molar-refractivity contribution is 6.00. The van der Waals surface area contributed by atoms with Crippen molar-refractivity contribution in [2.24, 2.45) is 11.8 Å². The topological polar surface area (TPSA) is 157 Å². The van der Waals surface area contributed by atoms with E-state index in [1.165, 1.54) is 38.1 Å². The van der Waals surface area contributed by atoms with Crippen molar-refractivity contribution in [2.75, 3.05) is 0 Å². The van der Waals surface area contributed by atoms with Gasteiger partial charge in [-0.3, -0.25) is 19.2 Å². The second-order valence-electron chi connectivity index (χ2n) is 11.1. The SMILES string of the molecule is CC1NC(=O)C(C2CCC2)NC(=O)C(C)C(O)C(Cc2c(F)c(F)c(F)c(F)c2F)NC(=O)C1NC(=O)c1ccccc1O. The van der Waals surface area contributed by atoms with Gasteiger partial charge in [0.1, 0.15) is 17.8 Å². The van der Waals surface area contributed by atoms with Gasteiger partial charge in [-0.25, -0.2) is 22.0 Å². The average Bonchev–Trinajstić information content (AvgIpc) is 2.96. The first-order chi connectivity index (χ1) is 20.7. The van der Waals surface area contributed by atoms with Crippen LogP contribution < -0.4 is 21.3 Å². The van der Waals surface area contributed by atoms with Crippen LogP contribution in [-0.4, -0.2) is 64.1 Å². The zero-order valence-electron chi connectivity index (χ0n) is 23.6. The van der Waals surface area contributed by atoms with Crippen LogP contribution in [0.15, 0.2) is 24.3 Å². The number of phenolic OH excluding ortho intramolecular Hbond substituents is 1. The van der Waals surface area contributed by atoms with E-state index in [9.17, 15) is 51.3 Å². The van der Waals surface area contributed by atoms with Crippen LogP contribution in [0.3, 0.4) is 0 Å². The lowest BCUT2D eigenvalue weighted by Crippen LogP contribution is -2.64. The number of rotatable bonds is 5. The Morgan fingerprint density at radius 1 is 0.864 bits per heavy atom. The predicted octanol–water partition coefficient (Wildman–Crippen LogP) is 1.71. The van der Waals surface area contributed by atoms with E-state index >= 15 is 0 Å². The van der Waals surface area contributed by atoms with Gasteiger partial charge < -0.3 is 31.5 Å². The molecule has 1 saturated heterocycles. The van der Waals surface area contributed by atoms with E-state index < -0.39 is 107 Å². The van der Waals surface area contributed by atoms with Crippen LogP contribution >= 0.6 is 0 Å². The summed E-state index contributed by atoms with van der Waals surface area (Å²) in [6.07, 6.45) is -1.17. The first-order valence-corrected chi connectivity index (χ1v) is 13.9. The van der Waals surface area contributed by atoms with E-state index in [2.05, 4.69) is 21.3 Å². The number of carbonyl (C=O) groups is 4. The van der Waals surface area contributed by atoms with E-state index in [0.717, 1.165) is 6.42 Å². The summed E-state index contributed by atoms with van der Waals surface area (Å²) in [7, 11) is 0. The van der Waals surface area contributed by atoms with Crippen molar-refractivity contribution in [3.05, 3.63) is 64.5 Å². The Labute approximate surface area is 248 Å². The van der Waals surface area contributed by atoms with Gasteiger partial charge >= 0.3 is 0 Å². The van der Waals surface area contributed by atoms with E-state index in [1.54, 1.807) is 0 Å². The molecule has 1 aliphatic carbocycles. The number of aliphatic hydroxyl groups excluding tert-OH is 1. The molecule has 1 heterocycles. The monoisotopic (exact) mass is 626 g/mol. The van der Waals surface area contributed by atoms with Crippen LogP contribution in [0.25, 0.3) is 0 Å². The van der Waals surface area contributed by atoms with Crippen LogP contribution in [0.5, 0.6) is 5.75 Å². The number of carbonyl (C=O) groups excluding carboxylic acids is 4. The lowest BCUT2D eigenvalue weighted by molar-refractivity contribution is -0.137. The van der Waals surface area contributed by atoms with Crippen LogP contribution in [0.4, 0.5) is 22.0 Å². The van der Waals surface area contributed by atoms with Crippen LogP contribution in [-0.2, 0) is 20.8 Å². The Balaban J connectivity index is 1.75. The molecule has 2 aromatic rings. The first kappa shape index (κ1) is 32.6. The maximum atomic E-state index is 14.6. The van der Waals surface area contributed by atoms with E-state index in [-0.39, 0.29) is 11.5 Å². The van der Waals surface area contributed by atoms with Gasteiger partial charge in [-0.15, -0.1) is 0 Å². The molecular formula is C29H31F5N4O6. The molecule has 0 spiro atoms. The second kappa shape index (κ2) is 13.2. The molecule has 2 aromatic carbocycles. The number of phenols is 1. The molecule has 238 valence electrons. The molecule has 1 saturated carbocycles. The van der Waals surface area contributed by atoms with Gasteiger partial charge in [-0.05, 0) is 37.8 Å². The van der Waals surface area contributed by atoms with Crippen LogP contribution in [0, 0.1) is 40.9 Å². The summed E-state index contributed by atoms with van der Waals surface area (Å²) in [6, 6.07) is -0.440. The predicted molar refractivity (Wildman–Crippen MR) is 143 cm³/mol. The van der Waals surface area contributed by atoms with Gasteiger partial charge in [0.25, 0.3) is 5.91 Å². The summed E-state index contributed by atoms with van der Waals surface area (Å²) in [5.74, 6) is -17.1. The van der Waals surface area contributed by atoms with E-state index in [0.29, 0.717) is 12.8 Å². The van der Waals surface area contributed by atoms with Crippen molar-refractivity contribution in [3.8, 4) is 5.75 Å². The molecule has 10 nitrogen and oxygen atoms in total. The quantitative estimate of drug-likeness (QED) is 0.169. The third kappa shape index (κ3) is 6.47.